The highest BCUT2D eigenvalue weighted by molar-refractivity contribution is 9.10. The number of carbonyl (C=O) groups excluding carboxylic acids is 1. The molecule has 0 aliphatic rings. The van der Waals surface area contributed by atoms with Crippen molar-refractivity contribution in [3.05, 3.63) is 87.1 Å². The van der Waals surface area contributed by atoms with Crippen LogP contribution in [0.25, 0.3) is 16.6 Å². The number of hydrazone groups is 1. The van der Waals surface area contributed by atoms with E-state index in [0.717, 1.165) is 16.2 Å². The van der Waals surface area contributed by atoms with Crippen LogP contribution in [-0.2, 0) is 4.79 Å². The quantitative estimate of drug-likeness (QED) is 0.159. The van der Waals surface area contributed by atoms with Gasteiger partial charge in [0.2, 0.25) is 0 Å². The summed E-state index contributed by atoms with van der Waals surface area (Å²) in [6.07, 6.45) is 1.35. The van der Waals surface area contributed by atoms with Gasteiger partial charge in [-0.05, 0) is 54.6 Å². The number of hydrogen-bond donors (Lipinski definition) is 2. The average Bonchev–Trinajstić information content (AvgIpc) is 2.85. The molecule has 0 aliphatic carbocycles. The number of rotatable bonds is 7. The maximum Gasteiger partial charge on any atom is 0.266 e. The highest BCUT2D eigenvalue weighted by atomic mass is 79.9. The minimum Gasteiger partial charge on any atom is -0.507 e. The Kier molecular flexibility index (Phi) is 7.29. The Morgan fingerprint density at radius 2 is 1.97 bits per heavy atom. The molecule has 0 spiro atoms. The molecular formula is C24H19BrN4O4S. The number of phenolic OH excluding ortho intramolecular Hbond substituents is 1. The molecule has 4 rings (SSSR count). The van der Waals surface area contributed by atoms with Gasteiger partial charge in [-0.1, -0.05) is 39.8 Å². The van der Waals surface area contributed by atoms with Crippen LogP contribution in [-0.4, -0.2) is 39.6 Å². The number of amides is 1. The molecule has 4 aromatic rings. The van der Waals surface area contributed by atoms with E-state index in [-0.39, 0.29) is 23.0 Å². The summed E-state index contributed by atoms with van der Waals surface area (Å²) in [5.74, 6) is 0.287. The van der Waals surface area contributed by atoms with Crippen LogP contribution in [0.1, 0.15) is 5.56 Å². The first-order chi connectivity index (χ1) is 16.5. The van der Waals surface area contributed by atoms with Gasteiger partial charge < -0.3 is 9.84 Å². The Hall–Kier alpha value is -3.63. The summed E-state index contributed by atoms with van der Waals surface area (Å²) in [7, 11) is 1.57. The van der Waals surface area contributed by atoms with Crippen molar-refractivity contribution in [1.29, 1.82) is 0 Å². The van der Waals surface area contributed by atoms with Gasteiger partial charge >= 0.3 is 0 Å². The van der Waals surface area contributed by atoms with Gasteiger partial charge in [0, 0.05) is 10.0 Å². The number of hydrogen-bond acceptors (Lipinski definition) is 7. The predicted molar refractivity (Wildman–Crippen MR) is 136 cm³/mol. The zero-order chi connectivity index (χ0) is 24.1. The predicted octanol–water partition coefficient (Wildman–Crippen LogP) is 4.10. The summed E-state index contributed by atoms with van der Waals surface area (Å²) in [4.78, 5) is 30.3. The molecule has 10 heteroatoms. The summed E-state index contributed by atoms with van der Waals surface area (Å²) >= 11 is 4.44. The van der Waals surface area contributed by atoms with Crippen LogP contribution in [0, 0.1) is 0 Å². The Balaban J connectivity index is 1.57. The van der Waals surface area contributed by atoms with E-state index in [4.69, 9.17) is 4.74 Å². The largest absolute Gasteiger partial charge is 0.507 e. The lowest BCUT2D eigenvalue weighted by molar-refractivity contribution is -0.118. The van der Waals surface area contributed by atoms with Gasteiger partial charge in [0.15, 0.2) is 5.16 Å². The van der Waals surface area contributed by atoms with Crippen molar-refractivity contribution in [3.63, 3.8) is 0 Å². The second-order valence-electron chi connectivity index (χ2n) is 7.04. The van der Waals surface area contributed by atoms with E-state index in [1.807, 2.05) is 0 Å². The summed E-state index contributed by atoms with van der Waals surface area (Å²) in [5.41, 5.74) is 3.79. The van der Waals surface area contributed by atoms with Crippen LogP contribution < -0.4 is 15.7 Å². The van der Waals surface area contributed by atoms with Gasteiger partial charge in [-0.2, -0.15) is 5.10 Å². The molecule has 0 fully saturated rings. The number of aromatic nitrogens is 2. The normalized spacial score (nSPS) is 11.1. The van der Waals surface area contributed by atoms with Crippen LogP contribution in [0.2, 0.25) is 0 Å². The van der Waals surface area contributed by atoms with E-state index < -0.39 is 0 Å². The fourth-order valence-corrected chi connectivity index (χ4v) is 4.32. The molecule has 34 heavy (non-hydrogen) atoms. The second-order valence-corrected chi connectivity index (χ2v) is 8.89. The lowest BCUT2D eigenvalue weighted by Crippen LogP contribution is -2.24. The van der Waals surface area contributed by atoms with Crippen molar-refractivity contribution < 1.29 is 14.6 Å². The highest BCUT2D eigenvalue weighted by Crippen LogP contribution is 2.23. The molecule has 8 nitrogen and oxygen atoms in total. The number of ether oxygens (including phenoxy) is 1. The summed E-state index contributed by atoms with van der Waals surface area (Å²) in [6.45, 7) is 0. The smallest absolute Gasteiger partial charge is 0.266 e. The van der Waals surface area contributed by atoms with E-state index in [0.29, 0.717) is 33.1 Å². The zero-order valence-electron chi connectivity index (χ0n) is 17.9. The third-order valence-corrected chi connectivity index (χ3v) is 6.22. The van der Waals surface area contributed by atoms with Gasteiger partial charge in [0.25, 0.3) is 11.5 Å². The lowest BCUT2D eigenvalue weighted by Gasteiger charge is -2.13. The molecule has 0 saturated heterocycles. The fraction of sp³-hybridized carbons (Fsp3) is 0.0833. The number of benzene rings is 3. The van der Waals surface area contributed by atoms with Gasteiger partial charge in [-0.3, -0.25) is 14.2 Å². The Morgan fingerprint density at radius 1 is 1.21 bits per heavy atom. The van der Waals surface area contributed by atoms with Crippen LogP contribution >= 0.6 is 27.7 Å². The molecule has 0 aliphatic heterocycles. The molecule has 1 aromatic heterocycles. The van der Waals surface area contributed by atoms with E-state index in [1.165, 1.54) is 16.8 Å². The van der Waals surface area contributed by atoms with Crippen molar-refractivity contribution >= 4 is 50.7 Å². The van der Waals surface area contributed by atoms with E-state index in [1.54, 1.807) is 67.8 Å². The SMILES string of the molecule is COc1ccc(-n2c(SCC(=O)NN=Cc3cc(Br)ccc3O)nc3ccccc3c2=O)cc1. The van der Waals surface area contributed by atoms with Gasteiger partial charge in [0.05, 0.1) is 35.7 Å². The molecule has 1 amide bonds. The van der Waals surface area contributed by atoms with E-state index in [9.17, 15) is 14.7 Å². The number of nitrogens with zero attached hydrogens (tertiary/aromatic N) is 3. The summed E-state index contributed by atoms with van der Waals surface area (Å²) in [5, 5.41) is 14.6. The monoisotopic (exact) mass is 538 g/mol. The van der Waals surface area contributed by atoms with Gasteiger partial charge in [-0.25, -0.2) is 10.4 Å². The Labute approximate surface area is 207 Å². The molecule has 0 saturated carbocycles. The maximum absolute atomic E-state index is 13.3. The van der Waals surface area contributed by atoms with Gasteiger partial charge in [0.1, 0.15) is 11.5 Å². The summed E-state index contributed by atoms with van der Waals surface area (Å²) in [6, 6.07) is 19.0. The number of methoxy groups -OCH3 is 1. The Morgan fingerprint density at radius 3 is 2.74 bits per heavy atom. The van der Waals surface area contributed by atoms with Crippen molar-refractivity contribution in [3.8, 4) is 17.2 Å². The molecule has 1 heterocycles. The number of thioether (sulfide) groups is 1. The molecule has 0 radical (unpaired) electrons. The molecule has 0 unspecified atom stereocenters. The van der Waals surface area contributed by atoms with Crippen molar-refractivity contribution in [1.82, 2.24) is 15.0 Å². The van der Waals surface area contributed by atoms with E-state index >= 15 is 0 Å². The van der Waals surface area contributed by atoms with E-state index in [2.05, 4.69) is 31.4 Å². The average molecular weight is 539 g/mol. The fourth-order valence-electron chi connectivity index (χ4n) is 3.13. The number of phenols is 1. The minimum absolute atomic E-state index is 0.0251. The number of para-hydroxylation sites is 1. The molecule has 172 valence electrons. The first kappa shape index (κ1) is 23.5. The summed E-state index contributed by atoms with van der Waals surface area (Å²) < 4.78 is 7.45. The third kappa shape index (κ3) is 5.29. The first-order valence-corrected chi connectivity index (χ1v) is 11.8. The molecule has 3 aromatic carbocycles. The third-order valence-electron chi connectivity index (χ3n) is 4.79. The standard InChI is InChI=1S/C24H19BrN4O4S/c1-33-18-9-7-17(8-10-18)29-23(32)19-4-2-3-5-20(19)27-24(29)34-14-22(31)28-26-13-15-12-16(25)6-11-21(15)30/h2-13,30H,14H2,1H3,(H,28,31). The number of halogens is 1. The lowest BCUT2D eigenvalue weighted by atomic mass is 10.2. The van der Waals surface area contributed by atoms with Crippen LogP contribution in [0.3, 0.4) is 0 Å². The molecular weight excluding hydrogens is 520 g/mol. The molecule has 2 N–H and O–H groups in total. The van der Waals surface area contributed by atoms with Crippen molar-refractivity contribution in [2.75, 3.05) is 12.9 Å². The molecule has 0 bridgehead atoms. The number of nitrogens with one attached hydrogen (secondary N) is 1. The van der Waals surface area contributed by atoms with Crippen molar-refractivity contribution in [2.45, 2.75) is 5.16 Å². The first-order valence-electron chi connectivity index (χ1n) is 10.1. The van der Waals surface area contributed by atoms with Gasteiger partial charge in [-0.15, -0.1) is 0 Å². The minimum atomic E-state index is -0.389. The highest BCUT2D eigenvalue weighted by Gasteiger charge is 2.15. The van der Waals surface area contributed by atoms with Crippen molar-refractivity contribution in [2.24, 2.45) is 5.10 Å². The number of fused-ring (bicyclic) bond motifs is 1. The molecule has 0 atom stereocenters. The second kappa shape index (κ2) is 10.5. The zero-order valence-corrected chi connectivity index (χ0v) is 20.3. The number of carbonyl (C=O) groups is 1. The number of aromatic hydroxyl groups is 1. The van der Waals surface area contributed by atoms with Crippen LogP contribution in [0.4, 0.5) is 0 Å². The van der Waals surface area contributed by atoms with Crippen LogP contribution in [0.15, 0.2) is 86.3 Å². The maximum atomic E-state index is 13.3. The van der Waals surface area contributed by atoms with Crippen LogP contribution in [0.5, 0.6) is 11.5 Å². The Bertz CT molecular complexity index is 1440. The topological polar surface area (TPSA) is 106 Å².